The van der Waals surface area contributed by atoms with Crippen LogP contribution in [0.1, 0.15) is 37.7 Å². The lowest BCUT2D eigenvalue weighted by Crippen LogP contribution is -2.24. The van der Waals surface area contributed by atoms with Gasteiger partial charge in [0.1, 0.15) is 0 Å². The highest BCUT2D eigenvalue weighted by Gasteiger charge is 2.37. The minimum absolute atomic E-state index is 1.02. The number of hydrogen-bond acceptors (Lipinski definition) is 0. The van der Waals surface area contributed by atoms with Crippen LogP contribution in [0.3, 0.4) is 0 Å². The number of rotatable bonds is 2. The van der Waals surface area contributed by atoms with Gasteiger partial charge in [0.05, 0.1) is 8.07 Å². The van der Waals surface area contributed by atoms with Crippen LogP contribution in [0.2, 0.25) is 19.6 Å². The van der Waals surface area contributed by atoms with E-state index >= 15 is 0 Å². The monoisotopic (exact) mass is 270 g/mol. The molecule has 0 aliphatic heterocycles. The smallest absolute Gasteiger partial charge is 0.0698 e. The van der Waals surface area contributed by atoms with Gasteiger partial charge in [-0.2, -0.15) is 0 Å². The van der Waals surface area contributed by atoms with E-state index in [2.05, 4.69) is 50.0 Å². The fourth-order valence-electron chi connectivity index (χ4n) is 4.34. The molecule has 0 N–H and O–H groups in total. The molecule has 0 bridgehead atoms. The molecule has 0 spiro atoms. The summed E-state index contributed by atoms with van der Waals surface area (Å²) in [6.07, 6.45) is 7.26. The molecular weight excluding hydrogens is 244 g/mol. The normalized spacial score (nSPS) is 26.6. The van der Waals surface area contributed by atoms with E-state index in [0.29, 0.717) is 0 Å². The molecule has 19 heavy (non-hydrogen) atoms. The Morgan fingerprint density at radius 2 is 1.53 bits per heavy atom. The molecule has 0 radical (unpaired) electrons. The molecule has 2 aliphatic rings. The van der Waals surface area contributed by atoms with E-state index in [1.165, 1.54) is 37.7 Å². The molecule has 1 aromatic rings. The average molecular weight is 270 g/mol. The fourth-order valence-corrected chi connectivity index (χ4v) is 6.64. The van der Waals surface area contributed by atoms with E-state index in [1.54, 1.807) is 5.20 Å². The molecule has 0 heterocycles. The lowest BCUT2D eigenvalue weighted by Gasteiger charge is -2.25. The minimum Gasteiger partial charge on any atom is -0.0698 e. The van der Waals surface area contributed by atoms with Crippen LogP contribution in [0, 0.1) is 11.8 Å². The van der Waals surface area contributed by atoms with E-state index in [9.17, 15) is 0 Å². The second kappa shape index (κ2) is 4.94. The first-order valence-electron chi connectivity index (χ1n) is 7.83. The summed E-state index contributed by atoms with van der Waals surface area (Å²) in [5.74, 6) is 2.04. The Morgan fingerprint density at radius 3 is 2.05 bits per heavy atom. The highest BCUT2D eigenvalue weighted by molar-refractivity contribution is 6.93. The zero-order valence-electron chi connectivity index (χ0n) is 12.6. The largest absolute Gasteiger partial charge is 0.0783 e. The van der Waals surface area contributed by atoms with Crippen molar-refractivity contribution in [3.8, 4) is 0 Å². The first kappa shape index (κ1) is 13.2. The lowest BCUT2D eigenvalue weighted by molar-refractivity contribution is 0.457. The molecule has 1 aromatic carbocycles. The van der Waals surface area contributed by atoms with Gasteiger partial charge in [-0.1, -0.05) is 67.2 Å². The van der Waals surface area contributed by atoms with Crippen LogP contribution in [-0.2, 0) is 0 Å². The first-order valence-corrected chi connectivity index (χ1v) is 11.3. The van der Waals surface area contributed by atoms with Crippen molar-refractivity contribution >= 4 is 13.3 Å². The summed E-state index contributed by atoms with van der Waals surface area (Å²) in [5.41, 5.74) is 3.33. The molecule has 2 aliphatic carbocycles. The van der Waals surface area contributed by atoms with Crippen molar-refractivity contribution in [1.29, 1.82) is 0 Å². The van der Waals surface area contributed by atoms with E-state index in [0.717, 1.165) is 11.8 Å². The Balaban J connectivity index is 2.01. The third-order valence-corrected chi connectivity index (χ3v) is 7.14. The summed E-state index contributed by atoms with van der Waals surface area (Å²) in [6.45, 7) is 7.53. The molecule has 0 amide bonds. The molecule has 0 aromatic heterocycles. The quantitative estimate of drug-likeness (QED) is 0.620. The van der Waals surface area contributed by atoms with Crippen LogP contribution in [0.15, 0.2) is 35.9 Å². The van der Waals surface area contributed by atoms with Crippen molar-refractivity contribution in [2.45, 2.75) is 51.7 Å². The predicted octanol–water partition coefficient (Wildman–Crippen LogP) is 5.53. The molecule has 0 saturated heterocycles. The van der Waals surface area contributed by atoms with Gasteiger partial charge in [0.15, 0.2) is 0 Å². The summed E-state index contributed by atoms with van der Waals surface area (Å²) >= 11 is 0. The zero-order chi connectivity index (χ0) is 13.5. The van der Waals surface area contributed by atoms with Crippen LogP contribution in [-0.4, -0.2) is 8.07 Å². The molecule has 1 heteroatoms. The number of benzene rings is 1. The maximum absolute atomic E-state index is 2.51. The van der Waals surface area contributed by atoms with Gasteiger partial charge in [0.25, 0.3) is 0 Å². The topological polar surface area (TPSA) is 0 Å². The first-order chi connectivity index (χ1) is 9.05. The van der Waals surface area contributed by atoms with E-state index < -0.39 is 8.07 Å². The summed E-state index contributed by atoms with van der Waals surface area (Å²) in [5, 5.41) is 1.77. The second-order valence-corrected chi connectivity index (χ2v) is 12.5. The average Bonchev–Trinajstić information content (AvgIpc) is 2.89. The second-order valence-electron chi connectivity index (χ2n) is 7.45. The Hall–Kier alpha value is -0.823. The van der Waals surface area contributed by atoms with Gasteiger partial charge >= 0.3 is 0 Å². The van der Waals surface area contributed by atoms with Gasteiger partial charge in [0, 0.05) is 0 Å². The molecule has 102 valence electrons. The van der Waals surface area contributed by atoms with Crippen molar-refractivity contribution in [1.82, 2.24) is 0 Å². The van der Waals surface area contributed by atoms with E-state index in [4.69, 9.17) is 0 Å². The van der Waals surface area contributed by atoms with Gasteiger partial charge in [-0.05, 0) is 43.1 Å². The highest BCUT2D eigenvalue weighted by atomic mass is 28.3. The molecular formula is C18H26Si. The van der Waals surface area contributed by atoms with Crippen molar-refractivity contribution in [3.05, 3.63) is 41.5 Å². The standard InChI is InChI=1S/C18H26Si/c1-19(2,3)18(14-8-5-4-6-9-14)17-12-15-10-7-11-16(15)13-17/h4-6,8-9,15-16H,7,10-13H2,1-3H3. The third kappa shape index (κ3) is 2.58. The molecule has 3 rings (SSSR count). The Bertz CT molecular complexity index is 464. The van der Waals surface area contributed by atoms with Gasteiger partial charge < -0.3 is 0 Å². The SMILES string of the molecule is C[Si](C)(C)C(=C1CC2CCCC2C1)c1ccccc1. The summed E-state index contributed by atoms with van der Waals surface area (Å²) in [6, 6.07) is 11.2. The van der Waals surface area contributed by atoms with Gasteiger partial charge in [-0.15, -0.1) is 0 Å². The van der Waals surface area contributed by atoms with Gasteiger partial charge in [-0.25, -0.2) is 0 Å². The fraction of sp³-hybridized carbons (Fsp3) is 0.556. The Kier molecular flexibility index (Phi) is 3.42. The highest BCUT2D eigenvalue weighted by Crippen LogP contribution is 2.49. The Morgan fingerprint density at radius 1 is 0.947 bits per heavy atom. The number of fused-ring (bicyclic) bond motifs is 1. The Labute approximate surface area is 118 Å². The van der Waals surface area contributed by atoms with Crippen LogP contribution in [0.5, 0.6) is 0 Å². The predicted molar refractivity (Wildman–Crippen MR) is 86.8 cm³/mol. The molecule has 2 unspecified atom stereocenters. The maximum Gasteiger partial charge on any atom is 0.0783 e. The van der Waals surface area contributed by atoms with E-state index in [1.807, 2.05) is 5.57 Å². The van der Waals surface area contributed by atoms with Gasteiger partial charge in [-0.3, -0.25) is 0 Å². The minimum atomic E-state index is -1.26. The van der Waals surface area contributed by atoms with Crippen molar-refractivity contribution in [2.24, 2.45) is 11.8 Å². The van der Waals surface area contributed by atoms with Crippen LogP contribution in [0.25, 0.3) is 5.20 Å². The molecule has 2 fully saturated rings. The van der Waals surface area contributed by atoms with Crippen molar-refractivity contribution in [2.75, 3.05) is 0 Å². The summed E-state index contributed by atoms with van der Waals surface area (Å²) in [7, 11) is -1.26. The molecule has 2 saturated carbocycles. The van der Waals surface area contributed by atoms with Crippen molar-refractivity contribution < 1.29 is 0 Å². The third-order valence-electron chi connectivity index (χ3n) is 5.00. The van der Waals surface area contributed by atoms with Crippen LogP contribution >= 0.6 is 0 Å². The maximum atomic E-state index is 2.51. The van der Waals surface area contributed by atoms with Crippen LogP contribution < -0.4 is 0 Å². The zero-order valence-corrected chi connectivity index (χ0v) is 13.6. The molecule has 0 nitrogen and oxygen atoms in total. The van der Waals surface area contributed by atoms with Crippen molar-refractivity contribution in [3.63, 3.8) is 0 Å². The number of hydrogen-bond donors (Lipinski definition) is 0. The molecule has 2 atom stereocenters. The summed E-state index contributed by atoms with van der Waals surface area (Å²) in [4.78, 5) is 0. The van der Waals surface area contributed by atoms with Crippen LogP contribution in [0.4, 0.5) is 0 Å². The lowest BCUT2D eigenvalue weighted by atomic mass is 10.0. The summed E-state index contributed by atoms with van der Waals surface area (Å²) < 4.78 is 0. The van der Waals surface area contributed by atoms with Gasteiger partial charge in [0.2, 0.25) is 0 Å². The number of allylic oxidation sites excluding steroid dienone is 1. The van der Waals surface area contributed by atoms with E-state index in [-0.39, 0.29) is 0 Å².